The fourth-order valence-electron chi connectivity index (χ4n) is 2.51. The number of benzene rings is 1. The minimum Gasteiger partial charge on any atom is -0.399 e. The number of sulfonamides is 1. The number of hydrogen-bond acceptors (Lipinski definition) is 4. The molecule has 0 amide bonds. The second kappa shape index (κ2) is 6.11. The second-order valence-corrected chi connectivity index (χ2v) is 7.17. The Morgan fingerprint density at radius 1 is 1.25 bits per heavy atom. The van der Waals surface area contributed by atoms with Crippen LogP contribution in [0.4, 0.5) is 5.69 Å². The highest BCUT2D eigenvalue weighted by Gasteiger charge is 2.27. The van der Waals surface area contributed by atoms with Crippen LogP contribution in [-0.2, 0) is 10.0 Å². The van der Waals surface area contributed by atoms with Gasteiger partial charge in [0.2, 0.25) is 10.0 Å². The van der Waals surface area contributed by atoms with E-state index in [-0.39, 0.29) is 4.90 Å². The van der Waals surface area contributed by atoms with Crippen molar-refractivity contribution in [3.8, 4) is 0 Å². The summed E-state index contributed by atoms with van der Waals surface area (Å²) in [6.45, 7) is 1.77. The number of nitrogens with two attached hydrogens (primary N) is 1. The summed E-state index contributed by atoms with van der Waals surface area (Å²) in [5.74, 6) is 0. The Hall–Kier alpha value is -1.11. The lowest BCUT2D eigenvalue weighted by Crippen LogP contribution is -2.42. The maximum atomic E-state index is 12.4. The average molecular weight is 298 g/mol. The first kappa shape index (κ1) is 15.3. The molecule has 1 aromatic carbocycles. The van der Waals surface area contributed by atoms with Crippen molar-refractivity contribution in [1.29, 1.82) is 0 Å². The fraction of sp³-hybridized carbons (Fsp3) is 0.571. The highest BCUT2D eigenvalue weighted by molar-refractivity contribution is 7.89. The minimum atomic E-state index is -3.61. The van der Waals surface area contributed by atoms with E-state index in [9.17, 15) is 13.5 Å². The molecule has 1 aliphatic carbocycles. The topological polar surface area (TPSA) is 92.4 Å². The van der Waals surface area contributed by atoms with Gasteiger partial charge in [0, 0.05) is 11.7 Å². The third kappa shape index (κ3) is 3.50. The number of aryl methyl sites for hydroxylation is 1. The van der Waals surface area contributed by atoms with E-state index in [0.717, 1.165) is 24.8 Å². The molecule has 1 aromatic rings. The van der Waals surface area contributed by atoms with Crippen molar-refractivity contribution in [3.63, 3.8) is 0 Å². The van der Waals surface area contributed by atoms with Crippen molar-refractivity contribution < 1.29 is 13.5 Å². The van der Waals surface area contributed by atoms with Crippen LogP contribution in [0.15, 0.2) is 23.1 Å². The Morgan fingerprint density at radius 2 is 1.95 bits per heavy atom. The van der Waals surface area contributed by atoms with Crippen molar-refractivity contribution in [2.75, 3.05) is 5.73 Å². The Morgan fingerprint density at radius 3 is 2.65 bits per heavy atom. The largest absolute Gasteiger partial charge is 0.399 e. The molecule has 2 unspecified atom stereocenters. The monoisotopic (exact) mass is 298 g/mol. The van der Waals surface area contributed by atoms with Gasteiger partial charge < -0.3 is 10.8 Å². The van der Waals surface area contributed by atoms with E-state index < -0.39 is 22.2 Å². The van der Waals surface area contributed by atoms with Gasteiger partial charge in [0.05, 0.1) is 11.0 Å². The molecule has 0 aliphatic heterocycles. The van der Waals surface area contributed by atoms with Crippen molar-refractivity contribution >= 4 is 15.7 Å². The number of hydrogen-bond donors (Lipinski definition) is 3. The highest BCUT2D eigenvalue weighted by Crippen LogP contribution is 2.21. The lowest BCUT2D eigenvalue weighted by Gasteiger charge is -2.21. The molecule has 20 heavy (non-hydrogen) atoms. The summed E-state index contributed by atoms with van der Waals surface area (Å²) in [4.78, 5) is 0.195. The quantitative estimate of drug-likeness (QED) is 0.583. The van der Waals surface area contributed by atoms with Gasteiger partial charge in [-0.1, -0.05) is 19.3 Å². The van der Waals surface area contributed by atoms with Crippen LogP contribution in [0.5, 0.6) is 0 Å². The van der Waals surface area contributed by atoms with Crippen LogP contribution < -0.4 is 10.5 Å². The molecule has 2 rings (SSSR count). The summed E-state index contributed by atoms with van der Waals surface area (Å²) < 4.78 is 27.3. The molecule has 0 bridgehead atoms. The second-order valence-electron chi connectivity index (χ2n) is 5.45. The molecule has 1 saturated carbocycles. The van der Waals surface area contributed by atoms with Crippen LogP contribution in [0, 0.1) is 6.92 Å². The van der Waals surface area contributed by atoms with E-state index in [1.807, 2.05) is 0 Å². The lowest BCUT2D eigenvalue weighted by atomic mass is 10.1. The predicted molar refractivity (Wildman–Crippen MR) is 78.8 cm³/mol. The summed E-state index contributed by atoms with van der Waals surface area (Å²) in [5.41, 5.74) is 7.00. The zero-order chi connectivity index (χ0) is 14.8. The predicted octanol–water partition coefficient (Wildman–Crippen LogP) is 1.55. The first-order chi connectivity index (χ1) is 9.40. The summed E-state index contributed by atoms with van der Waals surface area (Å²) in [6, 6.07) is 4.24. The smallest absolute Gasteiger partial charge is 0.240 e. The molecule has 5 nitrogen and oxygen atoms in total. The molecule has 112 valence electrons. The van der Waals surface area contributed by atoms with Crippen LogP contribution in [-0.4, -0.2) is 25.7 Å². The van der Waals surface area contributed by atoms with Gasteiger partial charge in [0.15, 0.2) is 0 Å². The van der Waals surface area contributed by atoms with Gasteiger partial charge in [0.25, 0.3) is 0 Å². The summed E-state index contributed by atoms with van der Waals surface area (Å²) >= 11 is 0. The van der Waals surface area contributed by atoms with Gasteiger partial charge >= 0.3 is 0 Å². The third-order valence-electron chi connectivity index (χ3n) is 3.84. The Labute approximate surface area is 120 Å². The standard InChI is InChI=1S/C14H22N2O3S/c1-10-9-11(7-8-12(10)15)20(18,19)16-13-5-3-2-4-6-14(13)17/h7-9,13-14,16-17H,2-6,15H2,1H3. The van der Waals surface area contributed by atoms with Crippen LogP contribution in [0.1, 0.15) is 37.7 Å². The van der Waals surface area contributed by atoms with E-state index in [0.29, 0.717) is 18.5 Å². The number of anilines is 1. The van der Waals surface area contributed by atoms with Gasteiger partial charge in [-0.15, -0.1) is 0 Å². The Kier molecular flexibility index (Phi) is 4.67. The lowest BCUT2D eigenvalue weighted by molar-refractivity contribution is 0.130. The molecule has 0 radical (unpaired) electrons. The van der Waals surface area contributed by atoms with Crippen LogP contribution in [0.25, 0.3) is 0 Å². The SMILES string of the molecule is Cc1cc(S(=O)(=O)NC2CCCCCC2O)ccc1N. The normalized spacial score (nSPS) is 24.3. The number of aliphatic hydroxyl groups excluding tert-OH is 1. The van der Waals surface area contributed by atoms with E-state index in [1.54, 1.807) is 19.1 Å². The molecule has 1 aliphatic rings. The van der Waals surface area contributed by atoms with Crippen molar-refractivity contribution in [2.24, 2.45) is 0 Å². The van der Waals surface area contributed by atoms with Crippen molar-refractivity contribution in [3.05, 3.63) is 23.8 Å². The molecular formula is C14H22N2O3S. The number of rotatable bonds is 3. The third-order valence-corrected chi connectivity index (χ3v) is 5.33. The first-order valence-corrected chi connectivity index (χ1v) is 8.45. The maximum absolute atomic E-state index is 12.4. The van der Waals surface area contributed by atoms with Crippen LogP contribution >= 0.6 is 0 Å². The minimum absolute atomic E-state index is 0.195. The molecule has 0 saturated heterocycles. The summed E-state index contributed by atoms with van der Waals surface area (Å²) in [6.07, 6.45) is 3.63. The average Bonchev–Trinajstić information content (AvgIpc) is 2.58. The molecule has 0 spiro atoms. The molecule has 6 heteroatoms. The molecule has 2 atom stereocenters. The van der Waals surface area contributed by atoms with E-state index in [4.69, 9.17) is 5.73 Å². The molecule has 0 heterocycles. The van der Waals surface area contributed by atoms with Gasteiger partial charge in [-0.2, -0.15) is 0 Å². The zero-order valence-electron chi connectivity index (χ0n) is 11.7. The number of nitrogen functional groups attached to an aromatic ring is 1. The first-order valence-electron chi connectivity index (χ1n) is 6.96. The molecule has 0 aromatic heterocycles. The highest BCUT2D eigenvalue weighted by atomic mass is 32.2. The summed E-state index contributed by atoms with van der Waals surface area (Å²) in [7, 11) is -3.61. The van der Waals surface area contributed by atoms with Crippen molar-refractivity contribution in [1.82, 2.24) is 4.72 Å². The van der Waals surface area contributed by atoms with E-state index >= 15 is 0 Å². The number of nitrogens with one attached hydrogen (secondary N) is 1. The van der Waals surface area contributed by atoms with Gasteiger partial charge in [0.1, 0.15) is 0 Å². The van der Waals surface area contributed by atoms with Crippen LogP contribution in [0.2, 0.25) is 0 Å². The number of aliphatic hydroxyl groups is 1. The molecule has 1 fully saturated rings. The van der Waals surface area contributed by atoms with Crippen LogP contribution in [0.3, 0.4) is 0 Å². The molecular weight excluding hydrogens is 276 g/mol. The Balaban J connectivity index is 2.19. The van der Waals surface area contributed by atoms with Crippen molar-refractivity contribution in [2.45, 2.75) is 56.1 Å². The van der Waals surface area contributed by atoms with E-state index in [1.165, 1.54) is 6.07 Å². The van der Waals surface area contributed by atoms with E-state index in [2.05, 4.69) is 4.72 Å². The maximum Gasteiger partial charge on any atom is 0.240 e. The Bertz CT molecular complexity index is 572. The van der Waals surface area contributed by atoms with Gasteiger partial charge in [-0.25, -0.2) is 13.1 Å². The fourth-order valence-corrected chi connectivity index (χ4v) is 3.90. The summed E-state index contributed by atoms with van der Waals surface area (Å²) in [5, 5.41) is 10.0. The zero-order valence-corrected chi connectivity index (χ0v) is 12.5. The van der Waals surface area contributed by atoms with Gasteiger partial charge in [-0.05, 0) is 43.5 Å². The molecule has 4 N–H and O–H groups in total. The van der Waals surface area contributed by atoms with Gasteiger partial charge in [-0.3, -0.25) is 0 Å².